The third kappa shape index (κ3) is 3.22. The van der Waals surface area contributed by atoms with Crippen LogP contribution in [0, 0.1) is 5.41 Å². The third-order valence-electron chi connectivity index (χ3n) is 3.84. The summed E-state index contributed by atoms with van der Waals surface area (Å²) in [5.74, 6) is -0.103. The number of hydrogen-bond donors (Lipinski definition) is 2. The van der Waals surface area contributed by atoms with E-state index < -0.39 is 0 Å². The molecular weight excluding hydrogens is 258 g/mol. The maximum Gasteiger partial charge on any atom is 0.255 e. The van der Waals surface area contributed by atoms with Crippen LogP contribution in [0.25, 0.3) is 0 Å². The summed E-state index contributed by atoms with van der Waals surface area (Å²) >= 11 is 0. The van der Waals surface area contributed by atoms with Gasteiger partial charge in [-0.3, -0.25) is 4.79 Å². The zero-order valence-electron chi connectivity index (χ0n) is 11.9. The van der Waals surface area contributed by atoms with Gasteiger partial charge in [0, 0.05) is 19.8 Å². The van der Waals surface area contributed by atoms with Crippen molar-refractivity contribution < 1.29 is 19.4 Å². The molecule has 0 unspecified atom stereocenters. The minimum absolute atomic E-state index is 0.0579. The number of ether oxygens (including phenoxy) is 2. The van der Waals surface area contributed by atoms with Crippen molar-refractivity contribution in [3.63, 3.8) is 0 Å². The lowest BCUT2D eigenvalue weighted by Gasteiger charge is -2.33. The SMILES string of the molecule is COc1cccc(C(=O)NCC2(C)CCOCC2)c1O. The zero-order valence-corrected chi connectivity index (χ0v) is 11.9. The lowest BCUT2D eigenvalue weighted by Crippen LogP contribution is -2.39. The summed E-state index contributed by atoms with van der Waals surface area (Å²) in [6.45, 7) is 4.18. The number of phenolic OH excluding ortho intramolecular Hbond substituents is 1. The Morgan fingerprint density at radius 2 is 2.15 bits per heavy atom. The average molecular weight is 279 g/mol. The van der Waals surface area contributed by atoms with Crippen molar-refractivity contribution in [2.75, 3.05) is 26.9 Å². The van der Waals surface area contributed by atoms with Gasteiger partial charge in [0.1, 0.15) is 0 Å². The van der Waals surface area contributed by atoms with Gasteiger partial charge in [0.15, 0.2) is 11.5 Å². The van der Waals surface area contributed by atoms with E-state index in [0.717, 1.165) is 26.1 Å². The Bertz CT molecular complexity index is 481. The van der Waals surface area contributed by atoms with Crippen LogP contribution in [0.4, 0.5) is 0 Å². The van der Waals surface area contributed by atoms with Gasteiger partial charge in [-0.25, -0.2) is 0 Å². The second kappa shape index (κ2) is 6.13. The second-order valence-corrected chi connectivity index (χ2v) is 5.46. The maximum absolute atomic E-state index is 12.2. The number of aromatic hydroxyl groups is 1. The zero-order chi connectivity index (χ0) is 14.6. The van der Waals surface area contributed by atoms with E-state index in [4.69, 9.17) is 9.47 Å². The van der Waals surface area contributed by atoms with Gasteiger partial charge in [-0.1, -0.05) is 13.0 Å². The fourth-order valence-electron chi connectivity index (χ4n) is 2.30. The Hall–Kier alpha value is -1.75. The highest BCUT2D eigenvalue weighted by Gasteiger charge is 2.28. The Morgan fingerprint density at radius 1 is 1.45 bits per heavy atom. The molecule has 1 saturated heterocycles. The van der Waals surface area contributed by atoms with E-state index in [-0.39, 0.29) is 22.6 Å². The Labute approximate surface area is 118 Å². The molecule has 0 aromatic heterocycles. The predicted molar refractivity (Wildman–Crippen MR) is 75.2 cm³/mol. The number of methoxy groups -OCH3 is 1. The summed E-state index contributed by atoms with van der Waals surface area (Å²) in [7, 11) is 1.46. The molecular formula is C15H21NO4. The molecule has 0 aliphatic carbocycles. The fraction of sp³-hybridized carbons (Fsp3) is 0.533. The van der Waals surface area contributed by atoms with Crippen LogP contribution in [0.5, 0.6) is 11.5 Å². The molecule has 0 saturated carbocycles. The molecule has 5 heteroatoms. The van der Waals surface area contributed by atoms with Crippen LogP contribution in [0.3, 0.4) is 0 Å². The van der Waals surface area contributed by atoms with E-state index in [9.17, 15) is 9.90 Å². The first-order valence-electron chi connectivity index (χ1n) is 6.78. The molecule has 1 aliphatic heterocycles. The summed E-state index contributed by atoms with van der Waals surface area (Å²) in [6, 6.07) is 4.88. The summed E-state index contributed by atoms with van der Waals surface area (Å²) in [6.07, 6.45) is 1.86. The van der Waals surface area contributed by atoms with Crippen molar-refractivity contribution in [2.24, 2.45) is 5.41 Å². The number of phenols is 1. The number of para-hydroxylation sites is 1. The van der Waals surface area contributed by atoms with Gasteiger partial charge in [0.05, 0.1) is 12.7 Å². The molecule has 1 aromatic carbocycles. The topological polar surface area (TPSA) is 67.8 Å². The predicted octanol–water partition coefficient (Wildman–Crippen LogP) is 1.95. The molecule has 0 radical (unpaired) electrons. The van der Waals surface area contributed by atoms with Crippen LogP contribution in [0.15, 0.2) is 18.2 Å². The first-order chi connectivity index (χ1) is 9.56. The van der Waals surface area contributed by atoms with E-state index in [1.54, 1.807) is 18.2 Å². The van der Waals surface area contributed by atoms with Gasteiger partial charge < -0.3 is 19.9 Å². The van der Waals surface area contributed by atoms with E-state index in [1.807, 2.05) is 0 Å². The van der Waals surface area contributed by atoms with Gasteiger partial charge in [-0.2, -0.15) is 0 Å². The standard InChI is InChI=1S/C15H21NO4/c1-15(6-8-20-9-7-15)10-16-14(18)11-4-3-5-12(19-2)13(11)17/h3-5,17H,6-10H2,1-2H3,(H,16,18). The molecule has 1 heterocycles. The molecule has 2 rings (SSSR count). The highest BCUT2D eigenvalue weighted by molar-refractivity contribution is 5.97. The van der Waals surface area contributed by atoms with Crippen molar-refractivity contribution in [3.05, 3.63) is 23.8 Å². The van der Waals surface area contributed by atoms with E-state index in [1.165, 1.54) is 7.11 Å². The van der Waals surface area contributed by atoms with Gasteiger partial charge in [-0.05, 0) is 30.4 Å². The first-order valence-corrected chi connectivity index (χ1v) is 6.78. The third-order valence-corrected chi connectivity index (χ3v) is 3.84. The number of benzene rings is 1. The van der Waals surface area contributed by atoms with Gasteiger partial charge in [0.25, 0.3) is 5.91 Å². The number of amides is 1. The Morgan fingerprint density at radius 3 is 2.80 bits per heavy atom. The number of rotatable bonds is 4. The van der Waals surface area contributed by atoms with E-state index >= 15 is 0 Å². The molecule has 2 N–H and O–H groups in total. The molecule has 0 atom stereocenters. The van der Waals surface area contributed by atoms with Gasteiger partial charge in [0.2, 0.25) is 0 Å². The highest BCUT2D eigenvalue weighted by Crippen LogP contribution is 2.31. The molecule has 0 spiro atoms. The average Bonchev–Trinajstić information content (AvgIpc) is 2.46. The lowest BCUT2D eigenvalue weighted by atomic mass is 9.82. The lowest BCUT2D eigenvalue weighted by molar-refractivity contribution is 0.0238. The number of hydrogen-bond acceptors (Lipinski definition) is 4. The van der Waals surface area contributed by atoms with Crippen LogP contribution >= 0.6 is 0 Å². The molecule has 0 bridgehead atoms. The van der Waals surface area contributed by atoms with Crippen molar-refractivity contribution in [1.29, 1.82) is 0 Å². The van der Waals surface area contributed by atoms with Crippen molar-refractivity contribution >= 4 is 5.91 Å². The quantitative estimate of drug-likeness (QED) is 0.884. The maximum atomic E-state index is 12.2. The van der Waals surface area contributed by atoms with Crippen molar-refractivity contribution in [1.82, 2.24) is 5.32 Å². The van der Waals surface area contributed by atoms with Gasteiger partial charge >= 0.3 is 0 Å². The molecule has 1 aromatic rings. The number of carbonyl (C=O) groups is 1. The Kier molecular flexibility index (Phi) is 4.49. The van der Waals surface area contributed by atoms with E-state index in [2.05, 4.69) is 12.2 Å². The monoisotopic (exact) mass is 279 g/mol. The molecule has 110 valence electrons. The molecule has 5 nitrogen and oxygen atoms in total. The molecule has 1 aliphatic rings. The van der Waals surface area contributed by atoms with Gasteiger partial charge in [-0.15, -0.1) is 0 Å². The van der Waals surface area contributed by atoms with E-state index in [0.29, 0.717) is 12.3 Å². The molecule has 20 heavy (non-hydrogen) atoms. The van der Waals surface area contributed by atoms with Crippen LogP contribution in [-0.2, 0) is 4.74 Å². The summed E-state index contributed by atoms with van der Waals surface area (Å²) in [5.41, 5.74) is 0.294. The summed E-state index contributed by atoms with van der Waals surface area (Å²) in [4.78, 5) is 12.2. The van der Waals surface area contributed by atoms with Crippen LogP contribution < -0.4 is 10.1 Å². The second-order valence-electron chi connectivity index (χ2n) is 5.46. The highest BCUT2D eigenvalue weighted by atomic mass is 16.5. The summed E-state index contributed by atoms with van der Waals surface area (Å²) in [5, 5.41) is 12.8. The number of nitrogens with one attached hydrogen (secondary N) is 1. The van der Waals surface area contributed by atoms with Crippen LogP contribution in [0.2, 0.25) is 0 Å². The largest absolute Gasteiger partial charge is 0.504 e. The fourth-order valence-corrected chi connectivity index (χ4v) is 2.30. The minimum Gasteiger partial charge on any atom is -0.504 e. The van der Waals surface area contributed by atoms with Crippen LogP contribution in [-0.4, -0.2) is 37.9 Å². The minimum atomic E-state index is -0.283. The normalized spacial score (nSPS) is 17.5. The molecule has 1 amide bonds. The molecule has 1 fully saturated rings. The van der Waals surface area contributed by atoms with Crippen molar-refractivity contribution in [3.8, 4) is 11.5 Å². The Balaban J connectivity index is 2.01. The first kappa shape index (κ1) is 14.7. The summed E-state index contributed by atoms with van der Waals surface area (Å²) < 4.78 is 10.3. The smallest absolute Gasteiger partial charge is 0.255 e. The number of carbonyl (C=O) groups excluding carboxylic acids is 1. The van der Waals surface area contributed by atoms with Crippen LogP contribution in [0.1, 0.15) is 30.1 Å². The van der Waals surface area contributed by atoms with Crippen molar-refractivity contribution in [2.45, 2.75) is 19.8 Å².